The molecule has 1 N–H and O–H groups in total. The van der Waals surface area contributed by atoms with Crippen molar-refractivity contribution in [1.82, 2.24) is 4.57 Å². The number of aromatic hydroxyl groups is 1. The van der Waals surface area contributed by atoms with Gasteiger partial charge in [-0.1, -0.05) is 30.3 Å². The number of aromatic carboxylic acids is 1. The molecule has 2 heterocycles. The van der Waals surface area contributed by atoms with Crippen LogP contribution in [0.4, 0.5) is 10.1 Å². The Balaban J connectivity index is 0.00000274. The summed E-state index contributed by atoms with van der Waals surface area (Å²) in [7, 11) is 0. The summed E-state index contributed by atoms with van der Waals surface area (Å²) >= 11 is 0. The van der Waals surface area contributed by atoms with Crippen molar-refractivity contribution < 1.29 is 58.4 Å². The van der Waals surface area contributed by atoms with Crippen LogP contribution in [0, 0.1) is 10.7 Å². The third-order valence-corrected chi connectivity index (χ3v) is 5.64. The number of rotatable bonds is 5. The molecule has 34 heavy (non-hydrogen) atoms. The molecular weight excluding hydrogens is 454 g/mol. The number of hydrogen-bond acceptors (Lipinski definition) is 7. The molecule has 5 rings (SSSR count). The molecule has 0 bridgehead atoms. The number of carboxylic acid groups (broad SMARTS) is 1. The van der Waals surface area contributed by atoms with E-state index in [1.54, 1.807) is 30.3 Å². The topological polar surface area (TPSA) is 113 Å². The molecule has 10 heteroatoms. The Kier molecular flexibility index (Phi) is 6.72. The fraction of sp³-hybridized carbons (Fsp3) is 0.125. The number of nitroso groups, excluding NO2 is 1. The molecule has 166 valence electrons. The molecule has 0 unspecified atom stereocenters. The molecular formula is C24H16FN2NaO6. The second kappa shape index (κ2) is 9.55. The fourth-order valence-corrected chi connectivity index (χ4v) is 4.09. The zero-order chi connectivity index (χ0) is 23.1. The maximum absolute atomic E-state index is 14.2. The fourth-order valence-electron chi connectivity index (χ4n) is 4.09. The molecule has 1 aliphatic heterocycles. The van der Waals surface area contributed by atoms with Crippen LogP contribution in [0.3, 0.4) is 0 Å². The van der Waals surface area contributed by atoms with Gasteiger partial charge in [0.15, 0.2) is 12.5 Å². The van der Waals surface area contributed by atoms with Crippen molar-refractivity contribution in [3.63, 3.8) is 0 Å². The SMILES string of the molecule is O=Nc1c(O)n(Cc2cc(F)cc3c2OCOC3)c2cc(-c3ccc(C(=O)[O-])cc3)ccc12.[Na+]. The number of ether oxygens (including phenoxy) is 2. The van der Waals surface area contributed by atoms with Gasteiger partial charge in [0.05, 0.1) is 24.6 Å². The van der Waals surface area contributed by atoms with Crippen LogP contribution in [0.1, 0.15) is 21.5 Å². The van der Waals surface area contributed by atoms with Crippen LogP contribution in [0.2, 0.25) is 0 Å². The summed E-state index contributed by atoms with van der Waals surface area (Å²) in [5, 5.41) is 25.2. The van der Waals surface area contributed by atoms with Crippen molar-refractivity contribution in [1.29, 1.82) is 0 Å². The number of aromatic nitrogens is 1. The molecule has 4 aromatic rings. The van der Waals surface area contributed by atoms with Gasteiger partial charge in [0, 0.05) is 16.5 Å². The average molecular weight is 470 g/mol. The Morgan fingerprint density at radius 1 is 1.12 bits per heavy atom. The maximum Gasteiger partial charge on any atom is 1.00 e. The largest absolute Gasteiger partial charge is 1.00 e. The van der Waals surface area contributed by atoms with Gasteiger partial charge in [0.2, 0.25) is 5.88 Å². The molecule has 0 fully saturated rings. The van der Waals surface area contributed by atoms with Crippen LogP contribution < -0.4 is 39.4 Å². The second-order valence-electron chi connectivity index (χ2n) is 7.61. The summed E-state index contributed by atoms with van der Waals surface area (Å²) in [6, 6.07) is 13.9. The number of fused-ring (bicyclic) bond motifs is 2. The first kappa shape index (κ1) is 23.9. The minimum atomic E-state index is -1.27. The van der Waals surface area contributed by atoms with E-state index < -0.39 is 11.8 Å². The molecule has 1 aromatic heterocycles. The first-order chi connectivity index (χ1) is 16.0. The van der Waals surface area contributed by atoms with Gasteiger partial charge in [-0.2, -0.15) is 0 Å². The van der Waals surface area contributed by atoms with Crippen LogP contribution in [0.25, 0.3) is 22.0 Å². The van der Waals surface area contributed by atoms with Gasteiger partial charge in [0.1, 0.15) is 11.6 Å². The summed E-state index contributed by atoms with van der Waals surface area (Å²) in [6.45, 7) is 0.244. The van der Waals surface area contributed by atoms with Gasteiger partial charge < -0.3 is 29.0 Å². The first-order valence-electron chi connectivity index (χ1n) is 9.98. The van der Waals surface area contributed by atoms with Gasteiger partial charge in [-0.15, -0.1) is 4.91 Å². The third kappa shape index (κ3) is 4.19. The molecule has 1 aliphatic rings. The minimum Gasteiger partial charge on any atom is -0.545 e. The zero-order valence-corrected chi connectivity index (χ0v) is 20.1. The molecule has 0 atom stereocenters. The van der Waals surface area contributed by atoms with Crippen LogP contribution in [0.5, 0.6) is 11.6 Å². The molecule has 8 nitrogen and oxygen atoms in total. The molecule has 0 saturated heterocycles. The van der Waals surface area contributed by atoms with Crippen LogP contribution in [-0.2, 0) is 17.9 Å². The normalized spacial score (nSPS) is 12.5. The first-order valence-corrected chi connectivity index (χ1v) is 9.98. The number of nitrogens with zero attached hydrogens (tertiary/aromatic N) is 2. The Hall–Kier alpha value is -3.24. The van der Waals surface area contributed by atoms with E-state index in [0.29, 0.717) is 27.8 Å². The zero-order valence-electron chi connectivity index (χ0n) is 18.1. The molecule has 0 amide bonds. The van der Waals surface area contributed by atoms with E-state index in [9.17, 15) is 24.3 Å². The monoisotopic (exact) mass is 470 g/mol. The molecule has 0 spiro atoms. The maximum atomic E-state index is 14.2. The minimum absolute atomic E-state index is 0. The Bertz CT molecular complexity index is 1420. The van der Waals surface area contributed by atoms with E-state index in [1.165, 1.54) is 28.8 Å². The van der Waals surface area contributed by atoms with E-state index in [0.717, 1.165) is 11.1 Å². The van der Waals surface area contributed by atoms with Crippen molar-refractivity contribution >= 4 is 22.6 Å². The van der Waals surface area contributed by atoms with Gasteiger partial charge in [-0.25, -0.2) is 4.39 Å². The van der Waals surface area contributed by atoms with Gasteiger partial charge in [0.25, 0.3) is 0 Å². The number of carboxylic acids is 1. The van der Waals surface area contributed by atoms with Crippen molar-refractivity contribution in [2.75, 3.05) is 6.79 Å². The van der Waals surface area contributed by atoms with Gasteiger partial charge in [-0.3, -0.25) is 0 Å². The molecule has 0 aliphatic carbocycles. The quantitative estimate of drug-likeness (QED) is 0.342. The summed E-state index contributed by atoms with van der Waals surface area (Å²) in [5.74, 6) is -1.63. The van der Waals surface area contributed by atoms with Crippen LogP contribution >= 0.6 is 0 Å². The number of carbonyl (C=O) groups is 1. The standard InChI is InChI=1S/C24H17FN2O6.Na/c25-18-7-16(22-17(8-18)11-32-12-33-22)10-27-20-9-15(5-6-19(20)21(26-31)23(27)28)13-1-3-14(4-2-13)24(29)30;/h1-9,28H,10-12H2,(H,29,30);/q;+1/p-1. The van der Waals surface area contributed by atoms with Gasteiger partial charge >= 0.3 is 29.6 Å². The van der Waals surface area contributed by atoms with E-state index in [2.05, 4.69) is 5.18 Å². The van der Waals surface area contributed by atoms with E-state index in [4.69, 9.17) is 9.47 Å². The number of hydrogen-bond donors (Lipinski definition) is 1. The average Bonchev–Trinajstić information content (AvgIpc) is 3.08. The van der Waals surface area contributed by atoms with E-state index in [-0.39, 0.29) is 66.6 Å². The second-order valence-corrected chi connectivity index (χ2v) is 7.61. The van der Waals surface area contributed by atoms with Gasteiger partial charge in [-0.05, 0) is 46.1 Å². The van der Waals surface area contributed by atoms with E-state index in [1.807, 2.05) is 0 Å². The number of benzene rings is 3. The van der Waals surface area contributed by atoms with Crippen molar-refractivity contribution in [3.05, 3.63) is 82.0 Å². The van der Waals surface area contributed by atoms with Crippen molar-refractivity contribution in [2.45, 2.75) is 13.2 Å². The van der Waals surface area contributed by atoms with Crippen LogP contribution in [0.15, 0.2) is 59.8 Å². The van der Waals surface area contributed by atoms with Crippen molar-refractivity contribution in [2.24, 2.45) is 5.18 Å². The predicted molar refractivity (Wildman–Crippen MR) is 115 cm³/mol. The van der Waals surface area contributed by atoms with Crippen molar-refractivity contribution in [3.8, 4) is 22.8 Å². The smallest absolute Gasteiger partial charge is 0.545 e. The summed E-state index contributed by atoms with van der Waals surface area (Å²) in [6.07, 6.45) is 0. The molecule has 3 aromatic carbocycles. The third-order valence-electron chi connectivity index (χ3n) is 5.64. The summed E-state index contributed by atoms with van der Waals surface area (Å²) in [5.41, 5.74) is 2.88. The summed E-state index contributed by atoms with van der Waals surface area (Å²) in [4.78, 5) is 22.5. The number of carbonyl (C=O) groups excluding carboxylic acids is 1. The summed E-state index contributed by atoms with van der Waals surface area (Å²) < 4.78 is 26.5. The Morgan fingerprint density at radius 3 is 2.56 bits per heavy atom. The van der Waals surface area contributed by atoms with E-state index >= 15 is 0 Å². The van der Waals surface area contributed by atoms with Crippen LogP contribution in [-0.4, -0.2) is 22.4 Å². The predicted octanol–water partition coefficient (Wildman–Crippen LogP) is 0.833. The Morgan fingerprint density at radius 2 is 1.85 bits per heavy atom. The molecule has 0 saturated carbocycles. The molecule has 0 radical (unpaired) electrons. The Labute approximate surface area is 214 Å². The number of halogens is 1.